The number of nitrogens with zero attached hydrogens (tertiary/aromatic N) is 2. The van der Waals surface area contributed by atoms with Crippen molar-refractivity contribution in [3.05, 3.63) is 157 Å². The molecule has 45 heavy (non-hydrogen) atoms. The van der Waals surface area contributed by atoms with Crippen molar-refractivity contribution in [2.75, 3.05) is 0 Å². The first kappa shape index (κ1) is 25.9. The smallest absolute Gasteiger partial charge is 0.160 e. The van der Waals surface area contributed by atoms with Crippen LogP contribution in [-0.2, 0) is 5.41 Å². The van der Waals surface area contributed by atoms with Gasteiger partial charge in [0.2, 0.25) is 0 Å². The zero-order valence-electron chi connectivity index (χ0n) is 25.3. The summed E-state index contributed by atoms with van der Waals surface area (Å²) < 4.78 is 0. The van der Waals surface area contributed by atoms with Crippen LogP contribution in [0.5, 0.6) is 0 Å². The van der Waals surface area contributed by atoms with E-state index in [9.17, 15) is 0 Å². The van der Waals surface area contributed by atoms with Gasteiger partial charge in [0.15, 0.2) is 5.82 Å². The third-order valence-electron chi connectivity index (χ3n) is 9.63. The van der Waals surface area contributed by atoms with Crippen LogP contribution in [0.25, 0.3) is 77.3 Å². The molecule has 2 heteroatoms. The zero-order chi connectivity index (χ0) is 30.1. The summed E-state index contributed by atoms with van der Waals surface area (Å²) in [6.45, 7) is 4.69. The standard InChI is InChI=1S/C43H30N2/c1-43(2)38-17-8-7-15-34(38)36-23-22-29-19-21-32(25-37(29)41(36)43)42-44-39(31-20-18-27-10-3-4-12-30(27)24-31)26-40(45-42)35-16-9-13-28-11-5-6-14-33(28)35/h3-26H,1-2H3. The van der Waals surface area contributed by atoms with Crippen LogP contribution in [-0.4, -0.2) is 9.97 Å². The van der Waals surface area contributed by atoms with Gasteiger partial charge in [0, 0.05) is 22.1 Å². The van der Waals surface area contributed by atoms with Gasteiger partial charge in [-0.2, -0.15) is 0 Å². The molecule has 1 aromatic heterocycles. The summed E-state index contributed by atoms with van der Waals surface area (Å²) in [5.74, 6) is 0.733. The molecule has 0 radical (unpaired) electrons. The highest BCUT2D eigenvalue weighted by Gasteiger charge is 2.36. The van der Waals surface area contributed by atoms with Crippen molar-refractivity contribution in [2.45, 2.75) is 19.3 Å². The summed E-state index contributed by atoms with van der Waals surface area (Å²) in [7, 11) is 0. The second-order valence-corrected chi connectivity index (χ2v) is 12.6. The molecule has 1 aliphatic rings. The van der Waals surface area contributed by atoms with Gasteiger partial charge < -0.3 is 0 Å². The second-order valence-electron chi connectivity index (χ2n) is 12.6. The monoisotopic (exact) mass is 574 g/mol. The summed E-state index contributed by atoms with van der Waals surface area (Å²) in [5.41, 5.74) is 10.4. The predicted octanol–water partition coefficient (Wildman–Crippen LogP) is 11.2. The molecular formula is C43H30N2. The molecule has 8 aromatic rings. The lowest BCUT2D eigenvalue weighted by atomic mass is 9.80. The van der Waals surface area contributed by atoms with Gasteiger partial charge in [-0.15, -0.1) is 0 Å². The average Bonchev–Trinajstić information content (AvgIpc) is 3.34. The number of aromatic nitrogens is 2. The molecule has 0 saturated carbocycles. The van der Waals surface area contributed by atoms with E-state index < -0.39 is 0 Å². The van der Waals surface area contributed by atoms with Gasteiger partial charge in [-0.3, -0.25) is 0 Å². The largest absolute Gasteiger partial charge is 0.228 e. The summed E-state index contributed by atoms with van der Waals surface area (Å²) in [4.78, 5) is 10.5. The molecule has 0 spiro atoms. The Morgan fingerprint density at radius 2 is 1.07 bits per heavy atom. The van der Waals surface area contributed by atoms with E-state index in [2.05, 4.69) is 159 Å². The van der Waals surface area contributed by atoms with E-state index in [0.29, 0.717) is 0 Å². The third-order valence-corrected chi connectivity index (χ3v) is 9.63. The van der Waals surface area contributed by atoms with Gasteiger partial charge in [-0.25, -0.2) is 9.97 Å². The molecular weight excluding hydrogens is 544 g/mol. The van der Waals surface area contributed by atoms with Crippen molar-refractivity contribution < 1.29 is 0 Å². The number of benzene rings is 7. The van der Waals surface area contributed by atoms with Crippen molar-refractivity contribution in [3.8, 4) is 45.0 Å². The molecule has 212 valence electrons. The quantitative estimate of drug-likeness (QED) is 0.210. The minimum atomic E-state index is -0.105. The van der Waals surface area contributed by atoms with Crippen molar-refractivity contribution >= 4 is 32.3 Å². The van der Waals surface area contributed by atoms with Gasteiger partial charge in [-0.1, -0.05) is 141 Å². The van der Waals surface area contributed by atoms with Crippen molar-refractivity contribution in [3.63, 3.8) is 0 Å². The Morgan fingerprint density at radius 3 is 1.98 bits per heavy atom. The molecule has 7 aromatic carbocycles. The highest BCUT2D eigenvalue weighted by molar-refractivity contribution is 6.00. The Hall–Kier alpha value is -5.60. The second kappa shape index (κ2) is 9.70. The molecule has 0 N–H and O–H groups in total. The predicted molar refractivity (Wildman–Crippen MR) is 188 cm³/mol. The molecule has 0 unspecified atom stereocenters. The van der Waals surface area contributed by atoms with Crippen LogP contribution in [0.1, 0.15) is 25.0 Å². The van der Waals surface area contributed by atoms with Crippen LogP contribution >= 0.6 is 0 Å². The zero-order valence-corrected chi connectivity index (χ0v) is 25.3. The minimum Gasteiger partial charge on any atom is -0.228 e. The van der Waals surface area contributed by atoms with E-state index in [1.165, 1.54) is 54.6 Å². The highest BCUT2D eigenvalue weighted by atomic mass is 14.9. The van der Waals surface area contributed by atoms with E-state index in [0.717, 1.165) is 33.9 Å². The van der Waals surface area contributed by atoms with Gasteiger partial charge in [0.1, 0.15) is 0 Å². The van der Waals surface area contributed by atoms with E-state index in [1.54, 1.807) is 0 Å². The Morgan fingerprint density at radius 1 is 0.422 bits per heavy atom. The fourth-order valence-electron chi connectivity index (χ4n) is 7.41. The number of rotatable bonds is 3. The van der Waals surface area contributed by atoms with Crippen molar-refractivity contribution in [1.29, 1.82) is 0 Å². The average molecular weight is 575 g/mol. The highest BCUT2D eigenvalue weighted by Crippen LogP contribution is 2.51. The van der Waals surface area contributed by atoms with E-state index in [4.69, 9.17) is 9.97 Å². The lowest BCUT2D eigenvalue weighted by molar-refractivity contribution is 0.666. The van der Waals surface area contributed by atoms with E-state index in [-0.39, 0.29) is 5.41 Å². The first-order valence-corrected chi connectivity index (χ1v) is 15.6. The molecule has 9 rings (SSSR count). The normalized spacial score (nSPS) is 13.3. The Balaban J connectivity index is 1.29. The maximum absolute atomic E-state index is 5.28. The number of hydrogen-bond donors (Lipinski definition) is 0. The fraction of sp³-hybridized carbons (Fsp3) is 0.0698. The fourth-order valence-corrected chi connectivity index (χ4v) is 7.41. The Kier molecular flexibility index (Phi) is 5.58. The SMILES string of the molecule is CC1(C)c2ccccc2-c2ccc3ccc(-c4nc(-c5ccc6ccccc6c5)cc(-c5cccc6ccccc56)n4)cc3c21. The van der Waals surface area contributed by atoms with Crippen LogP contribution < -0.4 is 0 Å². The topological polar surface area (TPSA) is 25.8 Å². The summed E-state index contributed by atoms with van der Waals surface area (Å²) in [5, 5.41) is 7.30. The Bertz CT molecular complexity index is 2460. The van der Waals surface area contributed by atoms with Crippen LogP contribution in [0.3, 0.4) is 0 Å². The first-order valence-electron chi connectivity index (χ1n) is 15.6. The summed E-state index contributed by atoms with van der Waals surface area (Å²) in [6.07, 6.45) is 0. The van der Waals surface area contributed by atoms with Gasteiger partial charge in [-0.05, 0) is 72.8 Å². The maximum Gasteiger partial charge on any atom is 0.160 e. The molecule has 0 bridgehead atoms. The van der Waals surface area contributed by atoms with Gasteiger partial charge >= 0.3 is 0 Å². The molecule has 0 aliphatic heterocycles. The van der Waals surface area contributed by atoms with E-state index >= 15 is 0 Å². The lowest BCUT2D eigenvalue weighted by Crippen LogP contribution is -2.15. The number of fused-ring (bicyclic) bond motifs is 7. The van der Waals surface area contributed by atoms with Crippen LogP contribution in [0.15, 0.2) is 146 Å². The van der Waals surface area contributed by atoms with Crippen LogP contribution in [0.2, 0.25) is 0 Å². The molecule has 0 amide bonds. The molecule has 2 nitrogen and oxygen atoms in total. The third kappa shape index (κ3) is 4.03. The van der Waals surface area contributed by atoms with E-state index in [1.807, 2.05) is 0 Å². The molecule has 0 fully saturated rings. The summed E-state index contributed by atoms with van der Waals surface area (Å²) >= 11 is 0. The van der Waals surface area contributed by atoms with Gasteiger partial charge in [0.05, 0.1) is 11.4 Å². The van der Waals surface area contributed by atoms with Crippen LogP contribution in [0, 0.1) is 0 Å². The molecule has 0 atom stereocenters. The minimum absolute atomic E-state index is 0.105. The van der Waals surface area contributed by atoms with Crippen LogP contribution in [0.4, 0.5) is 0 Å². The lowest BCUT2D eigenvalue weighted by Gasteiger charge is -2.23. The molecule has 1 heterocycles. The van der Waals surface area contributed by atoms with Crippen molar-refractivity contribution in [1.82, 2.24) is 9.97 Å². The summed E-state index contributed by atoms with van der Waals surface area (Å²) in [6, 6.07) is 52.3. The first-order chi connectivity index (χ1) is 22.0. The number of hydrogen-bond acceptors (Lipinski definition) is 2. The van der Waals surface area contributed by atoms with Gasteiger partial charge in [0.25, 0.3) is 0 Å². The maximum atomic E-state index is 5.28. The molecule has 1 aliphatic carbocycles. The Labute approximate surface area is 262 Å². The van der Waals surface area contributed by atoms with Crippen molar-refractivity contribution in [2.24, 2.45) is 0 Å². The molecule has 0 saturated heterocycles.